The molecule has 0 amide bonds. The van der Waals surface area contributed by atoms with E-state index in [0.29, 0.717) is 17.8 Å². The van der Waals surface area contributed by atoms with Gasteiger partial charge in [-0.25, -0.2) is 4.98 Å². The molecule has 1 aromatic rings. The molecule has 15 heavy (non-hydrogen) atoms. The third kappa shape index (κ3) is 2.46. The van der Waals surface area contributed by atoms with Crippen LogP contribution in [0, 0.1) is 6.92 Å². The second-order valence-corrected chi connectivity index (χ2v) is 4.40. The fourth-order valence-corrected chi connectivity index (χ4v) is 1.82. The summed E-state index contributed by atoms with van der Waals surface area (Å²) in [5.41, 5.74) is 3.39. The second kappa shape index (κ2) is 4.60. The highest BCUT2D eigenvalue weighted by atomic mass is 16.5. The van der Waals surface area contributed by atoms with E-state index < -0.39 is 0 Å². The van der Waals surface area contributed by atoms with Crippen molar-refractivity contribution in [1.82, 2.24) is 9.97 Å². The zero-order valence-corrected chi connectivity index (χ0v) is 10.5. The zero-order valence-electron chi connectivity index (χ0n) is 10.5. The molecular formula is C12H20N2O. The van der Waals surface area contributed by atoms with Crippen molar-refractivity contribution in [1.29, 1.82) is 0 Å². The normalized spacial score (nSPS) is 11.2. The Labute approximate surface area is 91.9 Å². The quantitative estimate of drug-likeness (QED) is 0.765. The minimum Gasteiger partial charge on any atom is -0.467 e. The molecule has 0 spiro atoms. The molecule has 0 N–H and O–H groups in total. The first kappa shape index (κ1) is 12.0. The van der Waals surface area contributed by atoms with Gasteiger partial charge in [0.05, 0.1) is 12.8 Å². The lowest BCUT2D eigenvalue weighted by molar-refractivity contribution is 0.375. The molecule has 0 aliphatic heterocycles. The maximum Gasteiger partial charge on any atom is 0.316 e. The summed E-state index contributed by atoms with van der Waals surface area (Å²) >= 11 is 0. The van der Waals surface area contributed by atoms with Gasteiger partial charge in [0.25, 0.3) is 0 Å². The minimum atomic E-state index is 0.401. The van der Waals surface area contributed by atoms with E-state index in [1.807, 2.05) is 6.92 Å². The summed E-state index contributed by atoms with van der Waals surface area (Å²) in [4.78, 5) is 8.76. The van der Waals surface area contributed by atoms with Gasteiger partial charge in [-0.2, -0.15) is 4.98 Å². The fourth-order valence-electron chi connectivity index (χ4n) is 1.82. The van der Waals surface area contributed by atoms with Gasteiger partial charge in [-0.15, -0.1) is 0 Å². The van der Waals surface area contributed by atoms with Gasteiger partial charge in [0, 0.05) is 5.69 Å². The van der Waals surface area contributed by atoms with E-state index in [0.717, 1.165) is 11.4 Å². The first-order valence-corrected chi connectivity index (χ1v) is 5.39. The molecule has 0 aromatic carbocycles. The number of rotatable bonds is 3. The Kier molecular flexibility index (Phi) is 3.66. The van der Waals surface area contributed by atoms with E-state index >= 15 is 0 Å². The van der Waals surface area contributed by atoms with Crippen LogP contribution in [0.15, 0.2) is 0 Å². The average Bonchev–Trinajstić information content (AvgIpc) is 2.15. The maximum absolute atomic E-state index is 5.10. The molecule has 0 bridgehead atoms. The van der Waals surface area contributed by atoms with Crippen LogP contribution >= 0.6 is 0 Å². The number of nitrogens with zero attached hydrogens (tertiary/aromatic N) is 2. The maximum atomic E-state index is 5.10. The van der Waals surface area contributed by atoms with E-state index in [9.17, 15) is 0 Å². The molecule has 0 atom stereocenters. The monoisotopic (exact) mass is 208 g/mol. The lowest BCUT2D eigenvalue weighted by atomic mass is 9.94. The van der Waals surface area contributed by atoms with Crippen LogP contribution in [0.5, 0.6) is 6.01 Å². The van der Waals surface area contributed by atoms with Crippen LogP contribution in [-0.4, -0.2) is 17.1 Å². The van der Waals surface area contributed by atoms with Gasteiger partial charge in [-0.05, 0) is 24.3 Å². The van der Waals surface area contributed by atoms with E-state index in [2.05, 4.69) is 37.7 Å². The predicted octanol–water partition coefficient (Wildman–Crippen LogP) is 3.04. The minimum absolute atomic E-state index is 0.401. The van der Waals surface area contributed by atoms with Gasteiger partial charge in [0.1, 0.15) is 0 Å². The summed E-state index contributed by atoms with van der Waals surface area (Å²) in [6.45, 7) is 10.7. The first-order valence-electron chi connectivity index (χ1n) is 5.39. The van der Waals surface area contributed by atoms with Crippen LogP contribution in [0.2, 0.25) is 0 Å². The SMILES string of the molecule is COc1nc(C)c(C(C)C)c(C(C)C)n1. The van der Waals surface area contributed by atoms with E-state index in [1.165, 1.54) is 5.56 Å². The lowest BCUT2D eigenvalue weighted by Gasteiger charge is -2.17. The molecule has 0 radical (unpaired) electrons. The molecule has 3 nitrogen and oxygen atoms in total. The summed E-state index contributed by atoms with van der Waals surface area (Å²) in [5, 5.41) is 0. The summed E-state index contributed by atoms with van der Waals surface area (Å²) < 4.78 is 5.10. The Morgan fingerprint density at radius 2 is 1.60 bits per heavy atom. The summed E-state index contributed by atoms with van der Waals surface area (Å²) in [6, 6.07) is 0.473. The highest BCUT2D eigenvalue weighted by Crippen LogP contribution is 2.27. The molecular weight excluding hydrogens is 188 g/mol. The number of ether oxygens (including phenoxy) is 1. The molecule has 0 aliphatic rings. The third-order valence-corrected chi connectivity index (χ3v) is 2.45. The highest BCUT2D eigenvalue weighted by Gasteiger charge is 2.17. The molecule has 1 heterocycles. The summed E-state index contributed by atoms with van der Waals surface area (Å²) in [7, 11) is 1.61. The molecule has 0 fully saturated rings. The van der Waals surface area contributed by atoms with Crippen LogP contribution in [-0.2, 0) is 0 Å². The molecule has 3 heteroatoms. The van der Waals surface area contributed by atoms with Crippen molar-refractivity contribution in [2.45, 2.75) is 46.5 Å². The molecule has 0 saturated carbocycles. The molecule has 84 valence electrons. The van der Waals surface area contributed by atoms with E-state index in [-0.39, 0.29) is 0 Å². The van der Waals surface area contributed by atoms with Crippen molar-refractivity contribution >= 4 is 0 Å². The standard InChI is InChI=1S/C12H20N2O/c1-7(2)10-9(5)13-12(15-6)14-11(10)8(3)4/h7-8H,1-6H3. The molecule has 1 aromatic heterocycles. The smallest absolute Gasteiger partial charge is 0.316 e. The van der Waals surface area contributed by atoms with Gasteiger partial charge < -0.3 is 4.74 Å². The predicted molar refractivity (Wildman–Crippen MR) is 61.5 cm³/mol. The lowest BCUT2D eigenvalue weighted by Crippen LogP contribution is -2.08. The Morgan fingerprint density at radius 1 is 1.00 bits per heavy atom. The van der Waals surface area contributed by atoms with Crippen LogP contribution in [0.1, 0.15) is 56.5 Å². The van der Waals surface area contributed by atoms with Crippen molar-refractivity contribution in [2.75, 3.05) is 7.11 Å². The van der Waals surface area contributed by atoms with Crippen LogP contribution < -0.4 is 4.74 Å². The molecule has 0 unspecified atom stereocenters. The number of aromatic nitrogens is 2. The van der Waals surface area contributed by atoms with E-state index in [4.69, 9.17) is 4.74 Å². The number of methoxy groups -OCH3 is 1. The molecule has 0 saturated heterocycles. The van der Waals surface area contributed by atoms with Crippen molar-refractivity contribution in [3.63, 3.8) is 0 Å². The summed E-state index contributed by atoms with van der Waals surface area (Å²) in [6.07, 6.45) is 0. The van der Waals surface area contributed by atoms with Crippen molar-refractivity contribution in [3.05, 3.63) is 17.0 Å². The second-order valence-electron chi connectivity index (χ2n) is 4.40. The summed E-state index contributed by atoms with van der Waals surface area (Å²) in [5.74, 6) is 0.853. The van der Waals surface area contributed by atoms with Crippen molar-refractivity contribution in [2.24, 2.45) is 0 Å². The van der Waals surface area contributed by atoms with Crippen LogP contribution in [0.4, 0.5) is 0 Å². The van der Waals surface area contributed by atoms with Crippen molar-refractivity contribution in [3.8, 4) is 6.01 Å². The fraction of sp³-hybridized carbons (Fsp3) is 0.667. The van der Waals surface area contributed by atoms with Gasteiger partial charge >= 0.3 is 6.01 Å². The van der Waals surface area contributed by atoms with Gasteiger partial charge in [-0.1, -0.05) is 27.7 Å². The average molecular weight is 208 g/mol. The number of hydrogen-bond donors (Lipinski definition) is 0. The first-order chi connectivity index (χ1) is 6.97. The number of aryl methyl sites for hydroxylation is 1. The van der Waals surface area contributed by atoms with Crippen LogP contribution in [0.25, 0.3) is 0 Å². The molecule has 0 aliphatic carbocycles. The Balaban J connectivity index is 3.36. The van der Waals surface area contributed by atoms with Gasteiger partial charge in [0.2, 0.25) is 0 Å². The van der Waals surface area contributed by atoms with Gasteiger partial charge in [-0.3, -0.25) is 0 Å². The van der Waals surface area contributed by atoms with Gasteiger partial charge in [0.15, 0.2) is 0 Å². The largest absolute Gasteiger partial charge is 0.467 e. The topological polar surface area (TPSA) is 35.0 Å². The Hall–Kier alpha value is -1.12. The zero-order chi connectivity index (χ0) is 11.6. The Morgan fingerprint density at radius 3 is 2.00 bits per heavy atom. The van der Waals surface area contributed by atoms with Crippen molar-refractivity contribution < 1.29 is 4.74 Å². The Bertz CT molecular complexity index is 346. The molecule has 1 rings (SSSR count). The third-order valence-electron chi connectivity index (χ3n) is 2.45. The van der Waals surface area contributed by atoms with Crippen LogP contribution in [0.3, 0.4) is 0 Å². The number of hydrogen-bond acceptors (Lipinski definition) is 3. The van der Waals surface area contributed by atoms with E-state index in [1.54, 1.807) is 7.11 Å². The highest BCUT2D eigenvalue weighted by molar-refractivity contribution is 5.31.